The lowest BCUT2D eigenvalue weighted by molar-refractivity contribution is -0.142. The van der Waals surface area contributed by atoms with E-state index in [1.54, 1.807) is 22.5 Å². The molecule has 9 nitrogen and oxygen atoms in total. The summed E-state index contributed by atoms with van der Waals surface area (Å²) in [5.74, 6) is -1.43. The van der Waals surface area contributed by atoms with Crippen LogP contribution in [0, 0.1) is 17.3 Å². The van der Waals surface area contributed by atoms with E-state index < -0.39 is 23.3 Å². The summed E-state index contributed by atoms with van der Waals surface area (Å²) in [5, 5.41) is 15.0. The Morgan fingerprint density at radius 1 is 1.00 bits per heavy atom. The highest BCUT2D eigenvalue weighted by atomic mass is 16.5. The monoisotopic (exact) mass is 514 g/mol. The van der Waals surface area contributed by atoms with E-state index in [9.17, 15) is 19.2 Å². The minimum absolute atomic E-state index is 0.0211. The van der Waals surface area contributed by atoms with Crippen LogP contribution in [0.25, 0.3) is 0 Å². The topological polar surface area (TPSA) is 128 Å². The maximum atomic E-state index is 13.6. The fraction of sp³-hybridized carbons (Fsp3) is 0.643. The molecule has 1 heterocycles. The van der Waals surface area contributed by atoms with Crippen LogP contribution in [0.5, 0.6) is 0 Å². The molecule has 4 N–H and O–H groups in total. The quantitative estimate of drug-likeness (QED) is 0.298. The van der Waals surface area contributed by atoms with Crippen LogP contribution in [-0.4, -0.2) is 58.9 Å². The number of nitrogens with zero attached hydrogens (tertiary/aromatic N) is 1. The second kappa shape index (κ2) is 13.0. The highest BCUT2D eigenvalue weighted by Crippen LogP contribution is 2.32. The lowest BCUT2D eigenvalue weighted by Crippen LogP contribution is -2.58. The molecule has 9 heteroatoms. The number of piperidine rings is 1. The summed E-state index contributed by atoms with van der Waals surface area (Å²) in [6.45, 7) is 6.71. The van der Waals surface area contributed by atoms with Crippen LogP contribution in [0.1, 0.15) is 82.5 Å². The average molecular weight is 515 g/mol. The molecule has 204 valence electrons. The van der Waals surface area contributed by atoms with Gasteiger partial charge in [-0.2, -0.15) is 0 Å². The first-order valence-electron chi connectivity index (χ1n) is 13.5. The van der Waals surface area contributed by atoms with Crippen molar-refractivity contribution in [1.82, 2.24) is 21.0 Å². The third-order valence-electron chi connectivity index (χ3n) is 7.60. The molecule has 1 saturated carbocycles. The Morgan fingerprint density at radius 2 is 1.62 bits per heavy atom. The van der Waals surface area contributed by atoms with Gasteiger partial charge >= 0.3 is 0 Å². The first kappa shape index (κ1) is 28.6. The van der Waals surface area contributed by atoms with Gasteiger partial charge in [-0.05, 0) is 42.7 Å². The van der Waals surface area contributed by atoms with Gasteiger partial charge in [0.1, 0.15) is 6.04 Å². The largest absolute Gasteiger partial charge is 0.349 e. The van der Waals surface area contributed by atoms with Crippen molar-refractivity contribution in [3.05, 3.63) is 35.9 Å². The number of carbonyl (C=O) groups is 4. The Labute approximate surface area is 219 Å². The molecule has 37 heavy (non-hydrogen) atoms. The lowest BCUT2D eigenvalue weighted by atomic mass is 9.84. The van der Waals surface area contributed by atoms with Crippen molar-refractivity contribution >= 4 is 23.6 Å². The molecule has 2 fully saturated rings. The zero-order valence-corrected chi connectivity index (χ0v) is 22.3. The van der Waals surface area contributed by atoms with Gasteiger partial charge in [0.25, 0.3) is 5.91 Å². The number of likely N-dealkylation sites (tertiary alicyclic amines) is 1. The van der Waals surface area contributed by atoms with Gasteiger partial charge in [0, 0.05) is 37.0 Å². The van der Waals surface area contributed by atoms with Gasteiger partial charge < -0.3 is 15.5 Å². The number of nitrogens with one attached hydrogen (secondary N) is 3. The van der Waals surface area contributed by atoms with Crippen LogP contribution >= 0.6 is 0 Å². The van der Waals surface area contributed by atoms with Gasteiger partial charge in [-0.3, -0.25) is 24.4 Å². The van der Waals surface area contributed by atoms with E-state index in [1.807, 2.05) is 39.0 Å². The maximum Gasteiger partial charge on any atom is 0.251 e. The van der Waals surface area contributed by atoms with E-state index in [-0.39, 0.29) is 30.2 Å². The smallest absolute Gasteiger partial charge is 0.251 e. The Balaban J connectivity index is 1.60. The number of hydroxylamine groups is 1. The zero-order valence-electron chi connectivity index (χ0n) is 22.3. The number of carbonyl (C=O) groups excluding carboxylic acids is 4. The van der Waals surface area contributed by atoms with E-state index in [4.69, 9.17) is 5.21 Å². The number of rotatable bonds is 9. The molecule has 0 aromatic heterocycles. The molecule has 1 aromatic rings. The highest BCUT2D eigenvalue weighted by molar-refractivity contribution is 5.94. The first-order chi connectivity index (χ1) is 17.6. The molecular weight excluding hydrogens is 472 g/mol. The molecule has 3 rings (SSSR count). The van der Waals surface area contributed by atoms with Gasteiger partial charge in [-0.25, -0.2) is 5.48 Å². The van der Waals surface area contributed by atoms with E-state index in [0.29, 0.717) is 43.8 Å². The van der Waals surface area contributed by atoms with E-state index >= 15 is 0 Å². The summed E-state index contributed by atoms with van der Waals surface area (Å²) >= 11 is 0. The highest BCUT2D eigenvalue weighted by Gasteiger charge is 2.39. The second-order valence-electron chi connectivity index (χ2n) is 11.6. The molecule has 0 spiro atoms. The van der Waals surface area contributed by atoms with Crippen molar-refractivity contribution in [1.29, 1.82) is 0 Å². The molecule has 2 aliphatic rings. The van der Waals surface area contributed by atoms with Gasteiger partial charge in [0.2, 0.25) is 17.7 Å². The molecule has 0 bridgehead atoms. The number of amides is 4. The van der Waals surface area contributed by atoms with Gasteiger partial charge in [-0.1, -0.05) is 64.7 Å². The average Bonchev–Trinajstić information content (AvgIpc) is 3.39. The van der Waals surface area contributed by atoms with Crippen LogP contribution in [0.3, 0.4) is 0 Å². The summed E-state index contributed by atoms with van der Waals surface area (Å²) < 4.78 is 0. The molecule has 0 unspecified atom stereocenters. The van der Waals surface area contributed by atoms with Crippen molar-refractivity contribution in [3.8, 4) is 0 Å². The minimum Gasteiger partial charge on any atom is -0.349 e. The molecule has 1 aliphatic carbocycles. The molecule has 4 amide bonds. The molecule has 2 atom stereocenters. The van der Waals surface area contributed by atoms with Crippen LogP contribution in [0.4, 0.5) is 0 Å². The first-order valence-corrected chi connectivity index (χ1v) is 13.5. The van der Waals surface area contributed by atoms with Crippen molar-refractivity contribution in [2.24, 2.45) is 17.3 Å². The number of benzene rings is 1. The summed E-state index contributed by atoms with van der Waals surface area (Å²) in [6, 6.07) is 8.29. The van der Waals surface area contributed by atoms with Gasteiger partial charge in [-0.15, -0.1) is 0 Å². The van der Waals surface area contributed by atoms with Crippen LogP contribution in [0.2, 0.25) is 0 Å². The molecule has 1 aliphatic heterocycles. The Bertz CT molecular complexity index is 932. The maximum absolute atomic E-state index is 13.6. The second-order valence-corrected chi connectivity index (χ2v) is 11.6. The standard InChI is InChI=1S/C28H42N4O5/c1-28(2,3)24(30-26(35)21(18-23(33)31-37)17-19-9-7-8-10-19)27(36)32-15-13-22(14-16-32)29-25(34)20-11-5-4-6-12-20/h4-6,11-12,19,21-22,24,37H,7-10,13-18H2,1-3H3,(H,29,34)(H,30,35)(H,31,33)/t21-,24-/m0/s1. The van der Waals surface area contributed by atoms with Gasteiger partial charge in [0.05, 0.1) is 0 Å². The molecular formula is C28H42N4O5. The molecule has 1 saturated heterocycles. The Hall–Kier alpha value is -2.94. The summed E-state index contributed by atoms with van der Waals surface area (Å²) in [4.78, 5) is 53.1. The summed E-state index contributed by atoms with van der Waals surface area (Å²) in [7, 11) is 0. The zero-order chi connectivity index (χ0) is 27.0. The Morgan fingerprint density at radius 3 is 2.19 bits per heavy atom. The van der Waals surface area contributed by atoms with E-state index in [1.165, 1.54) is 0 Å². The SMILES string of the molecule is CC(C)(C)[C@@H](NC(=O)[C@H](CC(=O)NO)CC1CCCC1)C(=O)N1CCC(NC(=O)c2ccccc2)CC1. The summed E-state index contributed by atoms with van der Waals surface area (Å²) in [6.07, 6.45) is 6.02. The van der Waals surface area contributed by atoms with E-state index in [0.717, 1.165) is 25.7 Å². The number of hydrogen-bond acceptors (Lipinski definition) is 5. The van der Waals surface area contributed by atoms with Crippen LogP contribution in [-0.2, 0) is 14.4 Å². The van der Waals surface area contributed by atoms with Crippen LogP contribution in [0.15, 0.2) is 30.3 Å². The third-order valence-corrected chi connectivity index (χ3v) is 7.60. The number of hydrogen-bond donors (Lipinski definition) is 4. The predicted octanol–water partition coefficient (Wildman–Crippen LogP) is 3.03. The van der Waals surface area contributed by atoms with E-state index in [2.05, 4.69) is 10.6 Å². The Kier molecular flexibility index (Phi) is 10.1. The fourth-order valence-electron chi connectivity index (χ4n) is 5.39. The minimum atomic E-state index is -0.751. The van der Waals surface area contributed by atoms with Crippen molar-refractivity contribution in [2.45, 2.75) is 84.2 Å². The molecule has 0 radical (unpaired) electrons. The van der Waals surface area contributed by atoms with Crippen molar-refractivity contribution in [2.75, 3.05) is 13.1 Å². The van der Waals surface area contributed by atoms with Crippen molar-refractivity contribution < 1.29 is 24.4 Å². The predicted molar refractivity (Wildman–Crippen MR) is 140 cm³/mol. The van der Waals surface area contributed by atoms with Gasteiger partial charge in [0.15, 0.2) is 0 Å². The normalized spacial score (nSPS) is 18.6. The lowest BCUT2D eigenvalue weighted by Gasteiger charge is -2.39. The third kappa shape index (κ3) is 8.28. The summed E-state index contributed by atoms with van der Waals surface area (Å²) in [5.41, 5.74) is 1.71. The fourth-order valence-corrected chi connectivity index (χ4v) is 5.39. The molecule has 1 aromatic carbocycles. The van der Waals surface area contributed by atoms with Crippen LogP contribution < -0.4 is 16.1 Å². The van der Waals surface area contributed by atoms with Crippen molar-refractivity contribution in [3.63, 3.8) is 0 Å².